The van der Waals surface area contributed by atoms with Crippen molar-refractivity contribution in [2.75, 3.05) is 17.2 Å². The van der Waals surface area contributed by atoms with E-state index in [0.717, 1.165) is 30.6 Å². The zero-order valence-corrected chi connectivity index (χ0v) is 12.4. The first-order valence-electron chi connectivity index (χ1n) is 7.13. The number of hydrogen-bond acceptors (Lipinski definition) is 4. The van der Waals surface area contributed by atoms with Gasteiger partial charge in [-0.2, -0.15) is 0 Å². The molecule has 0 spiro atoms. The molecule has 1 amide bonds. The topological polar surface area (TPSA) is 66.9 Å². The minimum atomic E-state index is -0.236. The number of rotatable bonds is 6. The van der Waals surface area contributed by atoms with E-state index in [4.69, 9.17) is 0 Å². The number of unbranched alkanes of at least 4 members (excludes halogenated alkanes) is 1. The highest BCUT2D eigenvalue weighted by Gasteiger charge is 2.09. The van der Waals surface area contributed by atoms with Crippen LogP contribution in [0.15, 0.2) is 36.7 Å². The zero-order valence-electron chi connectivity index (χ0n) is 12.4. The first kappa shape index (κ1) is 15.0. The molecule has 1 aromatic heterocycles. The van der Waals surface area contributed by atoms with Crippen LogP contribution in [-0.2, 0) is 0 Å². The number of nitrogens with one attached hydrogen (secondary N) is 2. The third kappa shape index (κ3) is 4.56. The van der Waals surface area contributed by atoms with E-state index in [-0.39, 0.29) is 5.91 Å². The van der Waals surface area contributed by atoms with Crippen LogP contribution in [0.3, 0.4) is 0 Å². The molecule has 0 saturated heterocycles. The van der Waals surface area contributed by atoms with Crippen LogP contribution in [0.1, 0.15) is 35.8 Å². The van der Waals surface area contributed by atoms with Gasteiger partial charge in [0.05, 0.1) is 0 Å². The fourth-order valence-electron chi connectivity index (χ4n) is 1.80. The van der Waals surface area contributed by atoms with E-state index in [1.807, 2.05) is 31.2 Å². The van der Waals surface area contributed by atoms with Crippen molar-refractivity contribution in [1.82, 2.24) is 9.97 Å². The van der Waals surface area contributed by atoms with Crippen LogP contribution < -0.4 is 10.6 Å². The predicted molar refractivity (Wildman–Crippen MR) is 84.6 cm³/mol. The molecule has 21 heavy (non-hydrogen) atoms. The van der Waals surface area contributed by atoms with Crippen LogP contribution in [0.25, 0.3) is 0 Å². The first-order valence-corrected chi connectivity index (χ1v) is 7.13. The molecule has 0 saturated carbocycles. The zero-order chi connectivity index (χ0) is 15.1. The number of aryl methyl sites for hydroxylation is 1. The van der Waals surface area contributed by atoms with E-state index in [0.29, 0.717) is 11.5 Å². The molecule has 1 heterocycles. The average molecular weight is 284 g/mol. The highest BCUT2D eigenvalue weighted by atomic mass is 16.1. The van der Waals surface area contributed by atoms with E-state index < -0.39 is 0 Å². The third-order valence-electron chi connectivity index (χ3n) is 3.05. The highest BCUT2D eigenvalue weighted by molar-refractivity contribution is 6.03. The van der Waals surface area contributed by atoms with Gasteiger partial charge in [0.25, 0.3) is 5.91 Å². The van der Waals surface area contributed by atoms with Crippen molar-refractivity contribution in [2.45, 2.75) is 26.7 Å². The summed E-state index contributed by atoms with van der Waals surface area (Å²) in [5.41, 5.74) is 2.26. The summed E-state index contributed by atoms with van der Waals surface area (Å²) in [4.78, 5) is 20.3. The van der Waals surface area contributed by atoms with E-state index in [1.165, 1.54) is 6.33 Å². The number of carbonyl (C=O) groups is 1. The van der Waals surface area contributed by atoms with Gasteiger partial charge < -0.3 is 10.6 Å². The van der Waals surface area contributed by atoms with Crippen molar-refractivity contribution >= 4 is 17.4 Å². The monoisotopic (exact) mass is 284 g/mol. The summed E-state index contributed by atoms with van der Waals surface area (Å²) in [5, 5.41) is 6.00. The van der Waals surface area contributed by atoms with Gasteiger partial charge in [-0.3, -0.25) is 4.79 Å². The molecule has 2 rings (SSSR count). The number of hydrogen-bond donors (Lipinski definition) is 2. The van der Waals surface area contributed by atoms with E-state index in [1.54, 1.807) is 6.07 Å². The molecule has 0 bridgehead atoms. The molecule has 0 radical (unpaired) electrons. The Labute approximate surface area is 124 Å². The molecule has 1 aromatic carbocycles. The lowest BCUT2D eigenvalue weighted by atomic mass is 10.2. The fraction of sp³-hybridized carbons (Fsp3) is 0.312. The maximum absolute atomic E-state index is 12.2. The lowest BCUT2D eigenvalue weighted by molar-refractivity contribution is 0.102. The Morgan fingerprint density at radius 1 is 1.19 bits per heavy atom. The van der Waals surface area contributed by atoms with Gasteiger partial charge in [0, 0.05) is 18.3 Å². The summed E-state index contributed by atoms with van der Waals surface area (Å²) in [7, 11) is 0. The summed E-state index contributed by atoms with van der Waals surface area (Å²) >= 11 is 0. The Hall–Kier alpha value is -2.43. The van der Waals surface area contributed by atoms with Gasteiger partial charge in [-0.15, -0.1) is 0 Å². The van der Waals surface area contributed by atoms with Crippen molar-refractivity contribution in [3.8, 4) is 0 Å². The summed E-state index contributed by atoms with van der Waals surface area (Å²) in [6.07, 6.45) is 3.58. The maximum Gasteiger partial charge on any atom is 0.274 e. The second-order valence-electron chi connectivity index (χ2n) is 4.89. The number of benzene rings is 1. The van der Waals surface area contributed by atoms with Crippen molar-refractivity contribution in [3.63, 3.8) is 0 Å². The quantitative estimate of drug-likeness (QED) is 0.799. The second kappa shape index (κ2) is 7.38. The average Bonchev–Trinajstić information content (AvgIpc) is 2.50. The molecule has 0 aliphatic carbocycles. The van der Waals surface area contributed by atoms with E-state index in [2.05, 4.69) is 27.5 Å². The SMILES string of the molecule is CCCCNc1cc(C(=O)Nc2ccc(C)cc2)ncn1. The summed E-state index contributed by atoms with van der Waals surface area (Å²) < 4.78 is 0. The van der Waals surface area contributed by atoms with E-state index in [9.17, 15) is 4.79 Å². The summed E-state index contributed by atoms with van der Waals surface area (Å²) in [5.74, 6) is 0.437. The van der Waals surface area contributed by atoms with Crippen LogP contribution in [-0.4, -0.2) is 22.4 Å². The van der Waals surface area contributed by atoms with Gasteiger partial charge >= 0.3 is 0 Å². The number of amides is 1. The van der Waals surface area contributed by atoms with Gasteiger partial charge in [-0.25, -0.2) is 9.97 Å². The Bertz CT molecular complexity index is 595. The van der Waals surface area contributed by atoms with Crippen molar-refractivity contribution in [2.24, 2.45) is 0 Å². The molecule has 0 aliphatic rings. The fourth-order valence-corrected chi connectivity index (χ4v) is 1.80. The second-order valence-corrected chi connectivity index (χ2v) is 4.89. The first-order chi connectivity index (χ1) is 10.2. The third-order valence-corrected chi connectivity index (χ3v) is 3.05. The Morgan fingerprint density at radius 3 is 2.67 bits per heavy atom. The number of aromatic nitrogens is 2. The molecule has 2 N–H and O–H groups in total. The van der Waals surface area contributed by atoms with Gasteiger partial charge in [-0.1, -0.05) is 31.0 Å². The minimum Gasteiger partial charge on any atom is -0.370 e. The van der Waals surface area contributed by atoms with Crippen LogP contribution in [0.2, 0.25) is 0 Å². The number of carbonyl (C=O) groups excluding carboxylic acids is 1. The minimum absolute atomic E-state index is 0.236. The van der Waals surface area contributed by atoms with Gasteiger partial charge in [0.1, 0.15) is 17.8 Å². The molecule has 0 aliphatic heterocycles. The number of anilines is 2. The molecule has 2 aromatic rings. The van der Waals surface area contributed by atoms with Gasteiger partial charge in [-0.05, 0) is 25.5 Å². The van der Waals surface area contributed by atoms with Crippen LogP contribution >= 0.6 is 0 Å². The molecule has 0 fully saturated rings. The molecular formula is C16H20N4O. The van der Waals surface area contributed by atoms with E-state index >= 15 is 0 Å². The molecule has 5 nitrogen and oxygen atoms in total. The Morgan fingerprint density at radius 2 is 1.95 bits per heavy atom. The summed E-state index contributed by atoms with van der Waals surface area (Å²) in [6, 6.07) is 9.31. The largest absolute Gasteiger partial charge is 0.370 e. The molecule has 5 heteroatoms. The normalized spacial score (nSPS) is 10.2. The molecular weight excluding hydrogens is 264 g/mol. The Balaban J connectivity index is 2.01. The predicted octanol–water partition coefficient (Wildman–Crippen LogP) is 3.25. The standard InChI is InChI=1S/C16H20N4O/c1-3-4-9-17-15-10-14(18-11-19-15)16(21)20-13-7-5-12(2)6-8-13/h5-8,10-11H,3-4,9H2,1-2H3,(H,20,21)(H,17,18,19). The van der Waals surface area contributed by atoms with Gasteiger partial charge in [0.2, 0.25) is 0 Å². The number of nitrogens with zero attached hydrogens (tertiary/aromatic N) is 2. The summed E-state index contributed by atoms with van der Waals surface area (Å²) in [6.45, 7) is 4.97. The molecule has 0 atom stereocenters. The Kier molecular flexibility index (Phi) is 5.26. The maximum atomic E-state index is 12.2. The van der Waals surface area contributed by atoms with Crippen molar-refractivity contribution in [3.05, 3.63) is 47.9 Å². The highest BCUT2D eigenvalue weighted by Crippen LogP contribution is 2.11. The lowest BCUT2D eigenvalue weighted by Crippen LogP contribution is -2.14. The van der Waals surface area contributed by atoms with Crippen LogP contribution in [0.5, 0.6) is 0 Å². The van der Waals surface area contributed by atoms with Crippen molar-refractivity contribution in [1.29, 1.82) is 0 Å². The molecule has 0 unspecified atom stereocenters. The molecule has 110 valence electrons. The lowest BCUT2D eigenvalue weighted by Gasteiger charge is -2.07. The van der Waals surface area contributed by atoms with Crippen LogP contribution in [0, 0.1) is 6.92 Å². The smallest absolute Gasteiger partial charge is 0.274 e. The van der Waals surface area contributed by atoms with Gasteiger partial charge in [0.15, 0.2) is 0 Å². The van der Waals surface area contributed by atoms with Crippen LogP contribution in [0.4, 0.5) is 11.5 Å². The van der Waals surface area contributed by atoms with Crippen molar-refractivity contribution < 1.29 is 4.79 Å².